The lowest BCUT2D eigenvalue weighted by atomic mass is 10.2. The first-order chi connectivity index (χ1) is 6.74. The summed E-state index contributed by atoms with van der Waals surface area (Å²) in [4.78, 5) is 0. The lowest BCUT2D eigenvalue weighted by Gasteiger charge is -1.93. The van der Waals surface area contributed by atoms with Gasteiger partial charge >= 0.3 is 0 Å². The molecule has 0 atom stereocenters. The van der Waals surface area contributed by atoms with Gasteiger partial charge in [-0.3, -0.25) is 0 Å². The maximum absolute atomic E-state index is 8.90. The van der Waals surface area contributed by atoms with Crippen molar-refractivity contribution in [2.45, 2.75) is 0 Å². The van der Waals surface area contributed by atoms with Crippen molar-refractivity contribution in [3.05, 3.63) is 28.8 Å². The molecule has 0 radical (unpaired) electrons. The number of nitriles is 1. The van der Waals surface area contributed by atoms with Gasteiger partial charge < -0.3 is 4.74 Å². The Morgan fingerprint density at radius 2 is 2.21 bits per heavy atom. The number of methoxy groups -OCH3 is 1. The maximum Gasteiger partial charge on any atom is 0.174 e. The first-order valence-electron chi connectivity index (χ1n) is 3.92. The topological polar surface area (TPSA) is 33.0 Å². The molecule has 0 aliphatic rings. The smallest absolute Gasteiger partial charge is 0.174 e. The molecule has 14 heavy (non-hydrogen) atoms. The van der Waals surface area contributed by atoms with E-state index in [1.165, 1.54) is 11.3 Å². The number of fused-ring (bicyclic) bond motifs is 1. The van der Waals surface area contributed by atoms with Crippen LogP contribution < -0.4 is 4.74 Å². The number of benzene rings is 1. The molecule has 0 amide bonds. The average molecular weight is 224 g/mol. The van der Waals surface area contributed by atoms with E-state index >= 15 is 0 Å². The van der Waals surface area contributed by atoms with Crippen molar-refractivity contribution in [1.29, 1.82) is 5.26 Å². The molecule has 4 heteroatoms. The van der Waals surface area contributed by atoms with E-state index in [4.69, 9.17) is 21.6 Å². The van der Waals surface area contributed by atoms with Crippen LogP contribution in [0.1, 0.15) is 5.56 Å². The van der Waals surface area contributed by atoms with Crippen molar-refractivity contribution in [3.8, 4) is 11.1 Å². The number of hydrogen-bond acceptors (Lipinski definition) is 3. The molecule has 0 saturated carbocycles. The predicted molar refractivity (Wildman–Crippen MR) is 58.1 cm³/mol. The van der Waals surface area contributed by atoms with Crippen LogP contribution in [0.2, 0.25) is 5.02 Å². The van der Waals surface area contributed by atoms with E-state index in [-0.39, 0.29) is 0 Å². The van der Waals surface area contributed by atoms with Gasteiger partial charge in [0, 0.05) is 5.02 Å². The van der Waals surface area contributed by atoms with Gasteiger partial charge in [-0.1, -0.05) is 22.9 Å². The molecule has 2 nitrogen and oxygen atoms in total. The third kappa shape index (κ3) is 1.43. The molecule has 0 bridgehead atoms. The second-order valence-electron chi connectivity index (χ2n) is 2.75. The Bertz CT molecular complexity index is 527. The summed E-state index contributed by atoms with van der Waals surface area (Å²) in [5, 5.41) is 11.2. The summed E-state index contributed by atoms with van der Waals surface area (Å²) in [5.41, 5.74) is 0.598. The molecule has 70 valence electrons. The van der Waals surface area contributed by atoms with Crippen molar-refractivity contribution in [2.75, 3.05) is 7.11 Å². The van der Waals surface area contributed by atoms with Crippen molar-refractivity contribution in [3.63, 3.8) is 0 Å². The number of rotatable bonds is 1. The molecule has 0 N–H and O–H groups in total. The van der Waals surface area contributed by atoms with Crippen LogP contribution in [0.5, 0.6) is 5.06 Å². The summed E-state index contributed by atoms with van der Waals surface area (Å²) in [7, 11) is 1.61. The zero-order valence-electron chi connectivity index (χ0n) is 7.37. The van der Waals surface area contributed by atoms with E-state index < -0.39 is 0 Å². The second kappa shape index (κ2) is 3.49. The number of thiophene rings is 1. The first-order valence-corrected chi connectivity index (χ1v) is 5.11. The fourth-order valence-corrected chi connectivity index (χ4v) is 2.42. The first kappa shape index (κ1) is 9.32. The number of halogens is 1. The van der Waals surface area contributed by atoms with Gasteiger partial charge in [-0.25, -0.2) is 0 Å². The normalized spacial score (nSPS) is 10.1. The highest BCUT2D eigenvalue weighted by Crippen LogP contribution is 2.35. The van der Waals surface area contributed by atoms with Crippen LogP contribution in [-0.2, 0) is 0 Å². The van der Waals surface area contributed by atoms with Crippen LogP contribution >= 0.6 is 22.9 Å². The molecule has 1 aromatic carbocycles. The van der Waals surface area contributed by atoms with Gasteiger partial charge in [0.2, 0.25) is 0 Å². The van der Waals surface area contributed by atoms with Gasteiger partial charge in [0.15, 0.2) is 5.06 Å². The molecule has 2 aromatic rings. The summed E-state index contributed by atoms with van der Waals surface area (Å²) in [6.07, 6.45) is 0. The van der Waals surface area contributed by atoms with Gasteiger partial charge in [0.25, 0.3) is 0 Å². The highest BCUT2D eigenvalue weighted by atomic mass is 35.5. The fourth-order valence-electron chi connectivity index (χ4n) is 1.28. The monoisotopic (exact) mass is 223 g/mol. The van der Waals surface area contributed by atoms with Gasteiger partial charge in [-0.2, -0.15) is 5.26 Å². The number of nitrogens with zero attached hydrogens (tertiary/aromatic N) is 1. The van der Waals surface area contributed by atoms with Gasteiger partial charge in [0.05, 0.1) is 17.4 Å². The van der Waals surface area contributed by atoms with Crippen LogP contribution in [0, 0.1) is 11.3 Å². The van der Waals surface area contributed by atoms with Gasteiger partial charge in [-0.15, -0.1) is 0 Å². The molecule has 0 aliphatic carbocycles. The Kier molecular flexibility index (Phi) is 2.32. The molecular formula is C10H6ClNOS. The Balaban J connectivity index is 2.79. The van der Waals surface area contributed by atoms with Crippen LogP contribution in [0.15, 0.2) is 18.2 Å². The Morgan fingerprint density at radius 1 is 1.43 bits per heavy atom. The van der Waals surface area contributed by atoms with Gasteiger partial charge in [0.1, 0.15) is 6.07 Å². The molecule has 0 unspecified atom stereocenters. The summed E-state index contributed by atoms with van der Waals surface area (Å²) in [5.74, 6) is 0. The van der Waals surface area contributed by atoms with E-state index in [9.17, 15) is 0 Å². The van der Waals surface area contributed by atoms with Crippen LogP contribution in [0.25, 0.3) is 10.1 Å². The minimum atomic E-state index is 0.578. The van der Waals surface area contributed by atoms with Crippen molar-refractivity contribution in [2.24, 2.45) is 0 Å². The van der Waals surface area contributed by atoms with E-state index in [2.05, 4.69) is 6.07 Å². The van der Waals surface area contributed by atoms with Gasteiger partial charge in [-0.05, 0) is 23.6 Å². The summed E-state index contributed by atoms with van der Waals surface area (Å²) in [6, 6.07) is 7.50. The summed E-state index contributed by atoms with van der Waals surface area (Å²) < 4.78 is 6.03. The highest BCUT2D eigenvalue weighted by molar-refractivity contribution is 7.21. The fraction of sp³-hybridized carbons (Fsp3) is 0.100. The SMILES string of the molecule is COc1cc2cc(Cl)cc(C#N)c2s1. The zero-order chi connectivity index (χ0) is 10.1. The quantitative estimate of drug-likeness (QED) is 0.742. The molecule has 2 rings (SSSR count). The zero-order valence-corrected chi connectivity index (χ0v) is 8.95. The largest absolute Gasteiger partial charge is 0.487 e. The molecule has 0 aliphatic heterocycles. The lowest BCUT2D eigenvalue weighted by Crippen LogP contribution is -1.73. The number of ether oxygens (including phenoxy) is 1. The molecule has 0 saturated heterocycles. The second-order valence-corrected chi connectivity index (χ2v) is 4.20. The Hall–Kier alpha value is -1.24. The van der Waals surface area contributed by atoms with Crippen molar-refractivity contribution >= 4 is 33.0 Å². The highest BCUT2D eigenvalue weighted by Gasteiger charge is 2.07. The van der Waals surface area contributed by atoms with E-state index in [1.807, 2.05) is 12.1 Å². The van der Waals surface area contributed by atoms with E-state index in [0.29, 0.717) is 10.6 Å². The maximum atomic E-state index is 8.90. The molecule has 0 fully saturated rings. The van der Waals surface area contributed by atoms with Crippen LogP contribution in [-0.4, -0.2) is 7.11 Å². The molecule has 0 spiro atoms. The standard InChI is InChI=1S/C10H6ClNOS/c1-13-9-4-6-2-8(11)3-7(5-12)10(6)14-9/h2-4H,1H3. The minimum Gasteiger partial charge on any atom is -0.487 e. The molecular weight excluding hydrogens is 218 g/mol. The predicted octanol–water partition coefficient (Wildman–Crippen LogP) is 3.43. The van der Waals surface area contributed by atoms with E-state index in [1.54, 1.807) is 13.2 Å². The minimum absolute atomic E-state index is 0.578. The Morgan fingerprint density at radius 3 is 2.86 bits per heavy atom. The van der Waals surface area contributed by atoms with Crippen molar-refractivity contribution in [1.82, 2.24) is 0 Å². The van der Waals surface area contributed by atoms with Crippen molar-refractivity contribution < 1.29 is 4.74 Å². The third-order valence-corrected chi connectivity index (χ3v) is 3.24. The molecule has 1 heterocycles. The summed E-state index contributed by atoms with van der Waals surface area (Å²) in [6.45, 7) is 0. The third-order valence-electron chi connectivity index (χ3n) is 1.88. The number of hydrogen-bond donors (Lipinski definition) is 0. The van der Waals surface area contributed by atoms with Crippen LogP contribution in [0.4, 0.5) is 0 Å². The van der Waals surface area contributed by atoms with E-state index in [0.717, 1.165) is 15.1 Å². The summed E-state index contributed by atoms with van der Waals surface area (Å²) >= 11 is 7.32. The Labute approximate surface area is 90.3 Å². The van der Waals surface area contributed by atoms with Crippen LogP contribution in [0.3, 0.4) is 0 Å². The molecule has 1 aromatic heterocycles. The lowest BCUT2D eigenvalue weighted by molar-refractivity contribution is 0.427. The average Bonchev–Trinajstić information content (AvgIpc) is 2.59.